The second-order valence-corrected chi connectivity index (χ2v) is 4.63. The van der Waals surface area contributed by atoms with Gasteiger partial charge in [0.05, 0.1) is 5.56 Å². The Bertz CT molecular complexity index is 814. The number of nitrogens with two attached hydrogens (primary N) is 1. The normalized spacial score (nSPS) is 10.8. The fraction of sp³-hybridized carbons (Fsp3) is 0.0667. The molecule has 1 aromatic heterocycles. The summed E-state index contributed by atoms with van der Waals surface area (Å²) < 4.78 is 32.1. The Morgan fingerprint density at radius 2 is 1.86 bits per heavy atom. The summed E-state index contributed by atoms with van der Waals surface area (Å²) >= 11 is 0. The second-order valence-electron chi connectivity index (χ2n) is 4.63. The maximum absolute atomic E-state index is 13.8. The van der Waals surface area contributed by atoms with Gasteiger partial charge in [-0.05, 0) is 48.9 Å². The molecule has 1 heterocycles. The van der Waals surface area contributed by atoms with Crippen LogP contribution in [0.3, 0.4) is 0 Å². The number of hydrogen-bond donors (Lipinski definition) is 1. The summed E-state index contributed by atoms with van der Waals surface area (Å²) in [5, 5.41) is 3.79. The predicted octanol–water partition coefficient (Wildman–Crippen LogP) is 3.57. The molecule has 3 rings (SSSR count). The third-order valence-electron chi connectivity index (χ3n) is 3.07. The number of anilines is 1. The lowest BCUT2D eigenvalue weighted by Crippen LogP contribution is -1.90. The van der Waals surface area contributed by atoms with Crippen molar-refractivity contribution in [3.8, 4) is 22.8 Å². The molecule has 3 aromatic rings. The van der Waals surface area contributed by atoms with Crippen LogP contribution in [0.15, 0.2) is 40.9 Å². The van der Waals surface area contributed by atoms with Gasteiger partial charge in [-0.1, -0.05) is 5.16 Å². The van der Waals surface area contributed by atoms with Crippen molar-refractivity contribution < 1.29 is 13.3 Å². The topological polar surface area (TPSA) is 64.9 Å². The first kappa shape index (κ1) is 13.2. The fourth-order valence-corrected chi connectivity index (χ4v) is 1.94. The molecule has 0 radical (unpaired) electrons. The van der Waals surface area contributed by atoms with Crippen molar-refractivity contribution >= 4 is 5.69 Å². The molecule has 106 valence electrons. The van der Waals surface area contributed by atoms with Crippen LogP contribution in [0.25, 0.3) is 22.8 Å². The smallest absolute Gasteiger partial charge is 0.261 e. The van der Waals surface area contributed by atoms with Crippen LogP contribution in [-0.2, 0) is 0 Å². The van der Waals surface area contributed by atoms with Crippen LogP contribution in [0.4, 0.5) is 14.5 Å². The summed E-state index contributed by atoms with van der Waals surface area (Å²) in [6.45, 7) is 1.64. The quantitative estimate of drug-likeness (QED) is 0.732. The van der Waals surface area contributed by atoms with Crippen molar-refractivity contribution in [2.24, 2.45) is 0 Å². The molecular weight excluding hydrogens is 276 g/mol. The van der Waals surface area contributed by atoms with Crippen molar-refractivity contribution in [2.45, 2.75) is 6.92 Å². The summed E-state index contributed by atoms with van der Waals surface area (Å²) in [4.78, 5) is 4.13. The zero-order valence-corrected chi connectivity index (χ0v) is 11.1. The Morgan fingerprint density at radius 3 is 2.57 bits per heavy atom. The van der Waals surface area contributed by atoms with Crippen LogP contribution in [0.2, 0.25) is 0 Å². The first-order chi connectivity index (χ1) is 10.0. The van der Waals surface area contributed by atoms with Gasteiger partial charge in [-0.2, -0.15) is 4.98 Å². The molecule has 0 aliphatic carbocycles. The van der Waals surface area contributed by atoms with Crippen LogP contribution in [0.5, 0.6) is 0 Å². The van der Waals surface area contributed by atoms with E-state index in [1.807, 2.05) is 0 Å². The van der Waals surface area contributed by atoms with Gasteiger partial charge >= 0.3 is 0 Å². The minimum Gasteiger partial charge on any atom is -0.399 e. The van der Waals surface area contributed by atoms with E-state index < -0.39 is 5.82 Å². The number of halogens is 2. The largest absolute Gasteiger partial charge is 0.399 e. The number of nitrogen functional groups attached to an aromatic ring is 1. The van der Waals surface area contributed by atoms with Crippen molar-refractivity contribution in [1.29, 1.82) is 0 Å². The maximum Gasteiger partial charge on any atom is 0.261 e. The van der Waals surface area contributed by atoms with Gasteiger partial charge in [0, 0.05) is 11.3 Å². The molecule has 2 aromatic carbocycles. The molecule has 0 atom stereocenters. The van der Waals surface area contributed by atoms with E-state index in [4.69, 9.17) is 10.3 Å². The first-order valence-corrected chi connectivity index (χ1v) is 6.20. The van der Waals surface area contributed by atoms with Gasteiger partial charge in [0.15, 0.2) is 0 Å². The first-order valence-electron chi connectivity index (χ1n) is 6.20. The van der Waals surface area contributed by atoms with E-state index in [-0.39, 0.29) is 23.1 Å². The standard InChI is InChI=1S/C15H11F2N3O/c1-8-6-9(2-5-12(8)16)14-19-15(21-20-14)11-4-3-10(18)7-13(11)17/h2-7H,18H2,1H3. The van der Waals surface area contributed by atoms with Gasteiger partial charge in [0.1, 0.15) is 11.6 Å². The molecule has 2 N–H and O–H groups in total. The highest BCUT2D eigenvalue weighted by molar-refractivity contribution is 5.62. The predicted molar refractivity (Wildman–Crippen MR) is 74.2 cm³/mol. The fourth-order valence-electron chi connectivity index (χ4n) is 1.94. The third-order valence-corrected chi connectivity index (χ3v) is 3.07. The van der Waals surface area contributed by atoms with Gasteiger partial charge in [0.25, 0.3) is 5.89 Å². The lowest BCUT2D eigenvalue weighted by atomic mass is 10.1. The molecule has 0 spiro atoms. The average molecular weight is 287 g/mol. The minimum absolute atomic E-state index is 0.0458. The average Bonchev–Trinajstić information content (AvgIpc) is 2.91. The van der Waals surface area contributed by atoms with Crippen molar-refractivity contribution in [2.75, 3.05) is 5.73 Å². The van der Waals surface area contributed by atoms with Crippen molar-refractivity contribution in [3.05, 3.63) is 53.6 Å². The van der Waals surface area contributed by atoms with Gasteiger partial charge in [0.2, 0.25) is 5.82 Å². The van der Waals surface area contributed by atoms with Crippen LogP contribution in [0.1, 0.15) is 5.56 Å². The van der Waals surface area contributed by atoms with Gasteiger partial charge in [-0.25, -0.2) is 8.78 Å². The van der Waals surface area contributed by atoms with Gasteiger partial charge < -0.3 is 10.3 Å². The van der Waals surface area contributed by atoms with Crippen LogP contribution in [0, 0.1) is 18.6 Å². The summed E-state index contributed by atoms with van der Waals surface area (Å²) in [7, 11) is 0. The van der Waals surface area contributed by atoms with E-state index in [1.54, 1.807) is 19.1 Å². The number of nitrogens with zero attached hydrogens (tertiary/aromatic N) is 2. The number of hydrogen-bond acceptors (Lipinski definition) is 4. The number of aromatic nitrogens is 2. The molecule has 0 unspecified atom stereocenters. The Labute approximate surface area is 119 Å². The summed E-state index contributed by atoms with van der Waals surface area (Å²) in [5.74, 6) is -0.540. The Hall–Kier alpha value is -2.76. The van der Waals surface area contributed by atoms with Crippen LogP contribution < -0.4 is 5.73 Å². The molecule has 0 bridgehead atoms. The molecule has 0 amide bonds. The zero-order chi connectivity index (χ0) is 15.0. The Balaban J connectivity index is 2.01. The Morgan fingerprint density at radius 1 is 1.05 bits per heavy atom. The number of benzene rings is 2. The van der Waals surface area contributed by atoms with Gasteiger partial charge in [-0.15, -0.1) is 0 Å². The molecule has 0 fully saturated rings. The van der Waals surface area contributed by atoms with E-state index in [0.717, 1.165) is 0 Å². The lowest BCUT2D eigenvalue weighted by molar-refractivity contribution is 0.429. The van der Waals surface area contributed by atoms with Gasteiger partial charge in [-0.3, -0.25) is 0 Å². The highest BCUT2D eigenvalue weighted by atomic mass is 19.1. The molecule has 21 heavy (non-hydrogen) atoms. The van der Waals surface area contributed by atoms with E-state index >= 15 is 0 Å². The molecule has 0 saturated heterocycles. The van der Waals surface area contributed by atoms with Crippen LogP contribution in [-0.4, -0.2) is 10.1 Å². The summed E-state index contributed by atoms with van der Waals surface area (Å²) in [6.07, 6.45) is 0. The number of aryl methyl sites for hydroxylation is 1. The Kier molecular flexibility index (Phi) is 3.13. The monoisotopic (exact) mass is 287 g/mol. The highest BCUT2D eigenvalue weighted by Gasteiger charge is 2.15. The third kappa shape index (κ3) is 2.47. The molecule has 0 aliphatic heterocycles. The summed E-state index contributed by atoms with van der Waals surface area (Å²) in [6, 6.07) is 8.66. The molecule has 4 nitrogen and oxygen atoms in total. The zero-order valence-electron chi connectivity index (χ0n) is 11.1. The number of rotatable bonds is 2. The molecular formula is C15H11F2N3O. The maximum atomic E-state index is 13.8. The lowest BCUT2D eigenvalue weighted by Gasteiger charge is -1.99. The van der Waals surface area contributed by atoms with Crippen molar-refractivity contribution in [1.82, 2.24) is 10.1 Å². The van der Waals surface area contributed by atoms with Crippen molar-refractivity contribution in [3.63, 3.8) is 0 Å². The van der Waals surface area contributed by atoms with E-state index in [2.05, 4.69) is 10.1 Å². The van der Waals surface area contributed by atoms with E-state index in [9.17, 15) is 8.78 Å². The van der Waals surface area contributed by atoms with Crippen LogP contribution >= 0.6 is 0 Å². The highest BCUT2D eigenvalue weighted by Crippen LogP contribution is 2.26. The minimum atomic E-state index is -0.541. The molecule has 0 saturated carbocycles. The summed E-state index contributed by atoms with van der Waals surface area (Å²) in [5.41, 5.74) is 7.04. The molecule has 0 aliphatic rings. The van der Waals surface area contributed by atoms with E-state index in [0.29, 0.717) is 16.8 Å². The molecule has 6 heteroatoms. The second kappa shape index (κ2) is 4.97. The SMILES string of the molecule is Cc1cc(-c2noc(-c3ccc(N)cc3F)n2)ccc1F. The van der Waals surface area contributed by atoms with E-state index in [1.165, 1.54) is 24.3 Å².